The molecule has 3 rings (SSSR count). The van der Waals surface area contributed by atoms with Crippen LogP contribution in [0.15, 0.2) is 53.1 Å². The molecule has 0 radical (unpaired) electrons. The molecule has 0 aliphatic carbocycles. The third-order valence-corrected chi connectivity index (χ3v) is 4.17. The van der Waals surface area contributed by atoms with Crippen LogP contribution in [0.5, 0.6) is 0 Å². The molecule has 6 nitrogen and oxygen atoms in total. The summed E-state index contributed by atoms with van der Waals surface area (Å²) >= 11 is 0. The molecule has 1 saturated heterocycles. The monoisotopic (exact) mass is 342 g/mol. The fraction of sp³-hybridized carbons (Fsp3) is 0.368. The molecule has 0 unspecified atom stereocenters. The average Bonchev–Trinajstić information content (AvgIpc) is 3.10. The van der Waals surface area contributed by atoms with Gasteiger partial charge in [-0.25, -0.2) is 0 Å². The van der Waals surface area contributed by atoms with E-state index in [1.165, 1.54) is 0 Å². The summed E-state index contributed by atoms with van der Waals surface area (Å²) in [5, 5.41) is 2.95. The molecule has 0 bridgehead atoms. The Kier molecular flexibility index (Phi) is 5.50. The van der Waals surface area contributed by atoms with E-state index in [2.05, 4.69) is 5.32 Å². The average molecular weight is 342 g/mol. The van der Waals surface area contributed by atoms with E-state index in [9.17, 15) is 9.59 Å². The lowest BCUT2D eigenvalue weighted by molar-refractivity contribution is -0.155. The summed E-state index contributed by atoms with van der Waals surface area (Å²) in [6.45, 7) is 2.53. The summed E-state index contributed by atoms with van der Waals surface area (Å²) in [6, 6.07) is 12.6. The second-order valence-electron chi connectivity index (χ2n) is 6.23. The first-order valence-corrected chi connectivity index (χ1v) is 8.37. The second-order valence-corrected chi connectivity index (χ2v) is 6.23. The van der Waals surface area contributed by atoms with Gasteiger partial charge in [0.2, 0.25) is 11.8 Å². The van der Waals surface area contributed by atoms with E-state index in [0.29, 0.717) is 13.0 Å². The van der Waals surface area contributed by atoms with Crippen LogP contribution in [-0.4, -0.2) is 42.0 Å². The molecule has 25 heavy (non-hydrogen) atoms. The Morgan fingerprint density at radius 2 is 2.08 bits per heavy atom. The van der Waals surface area contributed by atoms with Crippen molar-refractivity contribution in [2.75, 3.05) is 13.2 Å². The van der Waals surface area contributed by atoms with Crippen LogP contribution in [0.2, 0.25) is 0 Å². The molecular weight excluding hydrogens is 320 g/mol. The van der Waals surface area contributed by atoms with Gasteiger partial charge in [-0.15, -0.1) is 0 Å². The lowest BCUT2D eigenvalue weighted by Gasteiger charge is -2.35. The van der Waals surface area contributed by atoms with Crippen LogP contribution in [0.25, 0.3) is 0 Å². The van der Waals surface area contributed by atoms with Gasteiger partial charge in [0.05, 0.1) is 12.9 Å². The predicted molar refractivity (Wildman–Crippen MR) is 91.6 cm³/mol. The summed E-state index contributed by atoms with van der Waals surface area (Å²) in [5.74, 6) is 0.432. The van der Waals surface area contributed by atoms with Crippen molar-refractivity contribution in [3.05, 3.63) is 60.1 Å². The van der Waals surface area contributed by atoms with Crippen molar-refractivity contribution in [2.45, 2.75) is 32.0 Å². The highest BCUT2D eigenvalue weighted by Gasteiger charge is 2.34. The fourth-order valence-electron chi connectivity index (χ4n) is 2.92. The van der Waals surface area contributed by atoms with Crippen LogP contribution in [0.3, 0.4) is 0 Å². The van der Waals surface area contributed by atoms with Crippen LogP contribution in [0.1, 0.15) is 18.2 Å². The molecule has 2 amide bonds. The Bertz CT molecular complexity index is 699. The lowest BCUT2D eigenvalue weighted by Crippen LogP contribution is -2.57. The molecule has 132 valence electrons. The molecule has 0 spiro atoms. The summed E-state index contributed by atoms with van der Waals surface area (Å²) in [6.07, 6.45) is 2.21. The number of hydrogen-bond acceptors (Lipinski definition) is 4. The number of furan rings is 1. The molecule has 1 aromatic carbocycles. The summed E-state index contributed by atoms with van der Waals surface area (Å²) < 4.78 is 10.6. The number of nitrogens with one attached hydrogen (secondary N) is 1. The molecule has 0 saturated carbocycles. The fourth-order valence-corrected chi connectivity index (χ4v) is 2.92. The highest BCUT2D eigenvalue weighted by molar-refractivity contribution is 5.89. The van der Waals surface area contributed by atoms with Gasteiger partial charge in [-0.1, -0.05) is 30.3 Å². The molecule has 6 heteroatoms. The summed E-state index contributed by atoms with van der Waals surface area (Å²) in [5.41, 5.74) is 0.985. The minimum Gasteiger partial charge on any atom is -0.469 e. The van der Waals surface area contributed by atoms with E-state index in [1.807, 2.05) is 49.4 Å². The van der Waals surface area contributed by atoms with Gasteiger partial charge in [0.15, 0.2) is 0 Å². The lowest BCUT2D eigenvalue weighted by atomic mass is 10.1. The number of ether oxygens (including phenoxy) is 1. The maximum absolute atomic E-state index is 12.7. The third kappa shape index (κ3) is 4.48. The van der Waals surface area contributed by atoms with E-state index in [1.54, 1.807) is 11.2 Å². The van der Waals surface area contributed by atoms with Gasteiger partial charge in [0.25, 0.3) is 0 Å². The third-order valence-electron chi connectivity index (χ3n) is 4.17. The molecule has 1 aliphatic heterocycles. The number of morpholine rings is 1. The minimum absolute atomic E-state index is 0.0125. The van der Waals surface area contributed by atoms with Gasteiger partial charge in [0, 0.05) is 19.0 Å². The number of amides is 2. The number of rotatable bonds is 6. The van der Waals surface area contributed by atoms with Crippen LogP contribution in [0.4, 0.5) is 0 Å². The number of nitrogens with zero attached hydrogens (tertiary/aromatic N) is 1. The topological polar surface area (TPSA) is 71.8 Å². The Morgan fingerprint density at radius 1 is 1.28 bits per heavy atom. The maximum Gasteiger partial charge on any atom is 0.249 e. The smallest absolute Gasteiger partial charge is 0.249 e. The maximum atomic E-state index is 12.7. The zero-order chi connectivity index (χ0) is 17.6. The normalized spacial score (nSPS) is 18.8. The van der Waals surface area contributed by atoms with Crippen molar-refractivity contribution >= 4 is 11.8 Å². The molecule has 1 aromatic heterocycles. The number of hydrogen-bond donors (Lipinski definition) is 1. The van der Waals surface area contributed by atoms with Crippen LogP contribution in [0, 0.1) is 0 Å². The van der Waals surface area contributed by atoms with E-state index < -0.39 is 6.04 Å². The Labute approximate surface area is 146 Å². The van der Waals surface area contributed by atoms with Crippen molar-refractivity contribution in [3.63, 3.8) is 0 Å². The molecule has 2 aromatic rings. The highest BCUT2D eigenvalue weighted by atomic mass is 16.5. The molecule has 1 N–H and O–H groups in total. The van der Waals surface area contributed by atoms with Crippen molar-refractivity contribution in [1.82, 2.24) is 10.2 Å². The highest BCUT2D eigenvalue weighted by Crippen LogP contribution is 2.14. The first-order valence-electron chi connectivity index (χ1n) is 8.37. The first kappa shape index (κ1) is 17.2. The van der Waals surface area contributed by atoms with Crippen molar-refractivity contribution < 1.29 is 18.7 Å². The van der Waals surface area contributed by atoms with Gasteiger partial charge in [0.1, 0.15) is 18.4 Å². The first-order chi connectivity index (χ1) is 12.1. The largest absolute Gasteiger partial charge is 0.469 e. The van der Waals surface area contributed by atoms with Crippen molar-refractivity contribution in [2.24, 2.45) is 0 Å². The zero-order valence-corrected chi connectivity index (χ0v) is 14.2. The molecule has 1 fully saturated rings. The standard InChI is InChI=1S/C19H22N2O4/c1-14(10-16-8-5-9-25-16)20-19(23)17-12-24-13-18(22)21(17)11-15-6-3-2-4-7-15/h2-9,14,17H,10-13H2,1H3,(H,20,23)/t14-,17-/m0/s1. The molecule has 1 aliphatic rings. The SMILES string of the molecule is C[C@@H](Cc1ccco1)NC(=O)[C@@H]1COCC(=O)N1Cc1ccccc1. The number of benzene rings is 1. The predicted octanol–water partition coefficient (Wildman–Crippen LogP) is 1.75. The van der Waals surface area contributed by atoms with Gasteiger partial charge < -0.3 is 19.4 Å². The zero-order valence-electron chi connectivity index (χ0n) is 14.2. The van der Waals surface area contributed by atoms with E-state index in [4.69, 9.17) is 9.15 Å². The van der Waals surface area contributed by atoms with Gasteiger partial charge in [-0.05, 0) is 24.6 Å². The van der Waals surface area contributed by atoms with Gasteiger partial charge in [-0.3, -0.25) is 9.59 Å². The van der Waals surface area contributed by atoms with Crippen molar-refractivity contribution in [1.29, 1.82) is 0 Å². The van der Waals surface area contributed by atoms with Crippen molar-refractivity contribution in [3.8, 4) is 0 Å². The molecule has 2 atom stereocenters. The number of carbonyl (C=O) groups excluding carboxylic acids is 2. The van der Waals surface area contributed by atoms with Gasteiger partial charge in [-0.2, -0.15) is 0 Å². The van der Waals surface area contributed by atoms with E-state index in [-0.39, 0.29) is 31.1 Å². The van der Waals surface area contributed by atoms with Gasteiger partial charge >= 0.3 is 0 Å². The molecular formula is C19H22N2O4. The minimum atomic E-state index is -0.625. The Balaban J connectivity index is 1.64. The quantitative estimate of drug-likeness (QED) is 0.868. The summed E-state index contributed by atoms with van der Waals surface area (Å²) in [7, 11) is 0. The second kappa shape index (κ2) is 7.98. The Hall–Kier alpha value is -2.60. The number of carbonyl (C=O) groups is 2. The summed E-state index contributed by atoms with van der Waals surface area (Å²) in [4.78, 5) is 26.5. The van der Waals surface area contributed by atoms with Crippen LogP contribution < -0.4 is 5.32 Å². The van der Waals surface area contributed by atoms with E-state index in [0.717, 1.165) is 11.3 Å². The Morgan fingerprint density at radius 3 is 2.80 bits per heavy atom. The van der Waals surface area contributed by atoms with E-state index >= 15 is 0 Å². The molecule has 2 heterocycles. The van der Waals surface area contributed by atoms with Crippen LogP contribution >= 0.6 is 0 Å². The van der Waals surface area contributed by atoms with Crippen LogP contribution in [-0.2, 0) is 27.3 Å².